The van der Waals surface area contributed by atoms with Gasteiger partial charge in [0.15, 0.2) is 0 Å². The number of carbonyl (C=O) groups is 1. The Morgan fingerprint density at radius 3 is 2.82 bits per heavy atom. The monoisotopic (exact) mass is 316 g/mol. The van der Waals surface area contributed by atoms with E-state index in [4.69, 9.17) is 11.6 Å². The lowest BCUT2D eigenvalue weighted by molar-refractivity contribution is 0.102. The van der Waals surface area contributed by atoms with Crippen molar-refractivity contribution >= 4 is 33.3 Å². The van der Waals surface area contributed by atoms with Crippen LogP contribution >= 0.6 is 27.5 Å². The van der Waals surface area contributed by atoms with E-state index in [0.717, 1.165) is 0 Å². The van der Waals surface area contributed by atoms with E-state index in [1.807, 2.05) is 0 Å². The highest BCUT2D eigenvalue weighted by molar-refractivity contribution is 9.10. The lowest BCUT2D eigenvalue weighted by Gasteiger charge is -2.04. The number of aryl methyl sites for hydroxylation is 1. The van der Waals surface area contributed by atoms with Crippen molar-refractivity contribution in [3.63, 3.8) is 0 Å². The van der Waals surface area contributed by atoms with E-state index < -0.39 is 11.6 Å². The predicted molar refractivity (Wildman–Crippen MR) is 65.8 cm³/mol. The van der Waals surface area contributed by atoms with Crippen LogP contribution in [0.15, 0.2) is 28.9 Å². The highest BCUT2D eigenvalue weighted by Gasteiger charge is 2.20. The molecule has 88 valence electrons. The van der Waals surface area contributed by atoms with Crippen molar-refractivity contribution in [1.29, 1.82) is 0 Å². The van der Waals surface area contributed by atoms with Crippen LogP contribution in [-0.4, -0.2) is 15.6 Å². The van der Waals surface area contributed by atoms with Crippen LogP contribution < -0.4 is 0 Å². The maximum atomic E-state index is 13.6. The van der Waals surface area contributed by atoms with Crippen LogP contribution in [0.1, 0.15) is 16.1 Å². The summed E-state index contributed by atoms with van der Waals surface area (Å²) in [5.74, 6) is -1.07. The third kappa shape index (κ3) is 2.25. The maximum Gasteiger partial charge on any atom is 0.215 e. The topological polar surface area (TPSA) is 34.9 Å². The van der Waals surface area contributed by atoms with Gasteiger partial charge in [0.2, 0.25) is 5.78 Å². The van der Waals surface area contributed by atoms with Gasteiger partial charge in [-0.05, 0) is 34.1 Å². The van der Waals surface area contributed by atoms with E-state index >= 15 is 0 Å². The van der Waals surface area contributed by atoms with Crippen LogP contribution in [0.2, 0.25) is 5.02 Å². The first-order chi connectivity index (χ1) is 8.00. The van der Waals surface area contributed by atoms with Crippen LogP contribution in [-0.2, 0) is 7.05 Å². The van der Waals surface area contributed by atoms with Gasteiger partial charge in [0, 0.05) is 12.1 Å². The number of rotatable bonds is 2. The molecule has 0 aliphatic rings. The minimum Gasteiger partial charge on any atom is -0.287 e. The summed E-state index contributed by atoms with van der Waals surface area (Å²) in [6.45, 7) is 0. The molecule has 0 unspecified atom stereocenters. The Labute approximate surface area is 110 Å². The number of ketones is 1. The van der Waals surface area contributed by atoms with Gasteiger partial charge in [-0.1, -0.05) is 11.6 Å². The summed E-state index contributed by atoms with van der Waals surface area (Å²) in [7, 11) is 1.61. The number of aromatic nitrogens is 2. The Morgan fingerprint density at radius 1 is 1.53 bits per heavy atom. The van der Waals surface area contributed by atoms with Crippen molar-refractivity contribution in [1.82, 2.24) is 9.78 Å². The summed E-state index contributed by atoms with van der Waals surface area (Å²) < 4.78 is 15.5. The Kier molecular flexibility index (Phi) is 3.31. The van der Waals surface area contributed by atoms with Crippen molar-refractivity contribution in [2.75, 3.05) is 0 Å². The van der Waals surface area contributed by atoms with Gasteiger partial charge in [-0.3, -0.25) is 9.48 Å². The Morgan fingerprint density at radius 2 is 2.24 bits per heavy atom. The van der Waals surface area contributed by atoms with Crippen molar-refractivity contribution in [2.24, 2.45) is 7.05 Å². The molecule has 3 nitrogen and oxygen atoms in total. The second-order valence-electron chi connectivity index (χ2n) is 3.42. The predicted octanol–water partition coefficient (Wildman–Crippen LogP) is 3.21. The summed E-state index contributed by atoms with van der Waals surface area (Å²) in [5.41, 5.74) is 0.216. The van der Waals surface area contributed by atoms with Crippen LogP contribution in [0.3, 0.4) is 0 Å². The fourth-order valence-electron chi connectivity index (χ4n) is 1.47. The summed E-state index contributed by atoms with van der Waals surface area (Å²) in [6, 6.07) is 3.87. The molecule has 0 aliphatic carbocycles. The molecule has 0 bridgehead atoms. The van der Waals surface area contributed by atoms with Crippen molar-refractivity contribution in [3.8, 4) is 0 Å². The maximum absolute atomic E-state index is 13.6. The zero-order chi connectivity index (χ0) is 12.6. The molecule has 1 aromatic carbocycles. The van der Waals surface area contributed by atoms with Crippen molar-refractivity contribution in [3.05, 3.63) is 51.0 Å². The molecule has 2 rings (SSSR count). The molecule has 1 heterocycles. The molecule has 0 radical (unpaired) electrons. The molecule has 0 aliphatic heterocycles. The van der Waals surface area contributed by atoms with E-state index in [1.54, 1.807) is 7.05 Å². The van der Waals surface area contributed by atoms with Gasteiger partial charge in [-0.15, -0.1) is 0 Å². The summed E-state index contributed by atoms with van der Waals surface area (Å²) in [5, 5.41) is 4.22. The van der Waals surface area contributed by atoms with Gasteiger partial charge >= 0.3 is 0 Å². The summed E-state index contributed by atoms with van der Waals surface area (Å²) in [6.07, 6.45) is 1.48. The van der Waals surface area contributed by atoms with Gasteiger partial charge in [-0.2, -0.15) is 5.10 Å². The minimum atomic E-state index is -0.604. The first kappa shape index (κ1) is 12.3. The first-order valence-corrected chi connectivity index (χ1v) is 5.85. The molecule has 6 heteroatoms. The Bertz CT molecular complexity index is 578. The molecule has 0 saturated heterocycles. The Hall–Kier alpha value is -1.20. The number of hydrogen-bond donors (Lipinski definition) is 0. The van der Waals surface area contributed by atoms with Gasteiger partial charge < -0.3 is 0 Å². The summed E-state index contributed by atoms with van der Waals surface area (Å²) in [4.78, 5) is 12.1. The quantitative estimate of drug-likeness (QED) is 0.797. The number of halogens is 3. The molecule has 0 saturated carbocycles. The van der Waals surface area contributed by atoms with Crippen molar-refractivity contribution < 1.29 is 9.18 Å². The SMILES string of the molecule is Cn1ncc(Br)c1C(=O)c1cc(Cl)ccc1F. The molecule has 2 aromatic rings. The lowest BCUT2D eigenvalue weighted by Crippen LogP contribution is -2.10. The van der Waals surface area contributed by atoms with E-state index in [2.05, 4.69) is 21.0 Å². The standard InChI is InChI=1S/C11H7BrClFN2O/c1-16-10(8(12)5-15-16)11(17)7-4-6(13)2-3-9(7)14/h2-5H,1H3. The highest BCUT2D eigenvalue weighted by Crippen LogP contribution is 2.22. The first-order valence-electron chi connectivity index (χ1n) is 4.68. The van der Waals surface area contributed by atoms with Crippen LogP contribution in [0.5, 0.6) is 0 Å². The van der Waals surface area contributed by atoms with E-state index in [1.165, 1.54) is 29.1 Å². The summed E-state index contributed by atoms with van der Waals surface area (Å²) >= 11 is 8.95. The molecule has 0 amide bonds. The smallest absolute Gasteiger partial charge is 0.215 e. The van der Waals surface area contributed by atoms with E-state index in [-0.39, 0.29) is 11.3 Å². The zero-order valence-corrected chi connectivity index (χ0v) is 11.1. The number of hydrogen-bond acceptors (Lipinski definition) is 2. The third-order valence-corrected chi connectivity index (χ3v) is 3.10. The molecular weight excluding hydrogens is 310 g/mol. The van der Waals surface area contributed by atoms with E-state index in [9.17, 15) is 9.18 Å². The van der Waals surface area contributed by atoms with Gasteiger partial charge in [-0.25, -0.2) is 4.39 Å². The van der Waals surface area contributed by atoms with Gasteiger partial charge in [0.1, 0.15) is 11.5 Å². The third-order valence-electron chi connectivity index (χ3n) is 2.28. The fraction of sp³-hybridized carbons (Fsp3) is 0.0909. The zero-order valence-electron chi connectivity index (χ0n) is 8.75. The van der Waals surface area contributed by atoms with Crippen LogP contribution in [0.25, 0.3) is 0 Å². The van der Waals surface area contributed by atoms with Crippen LogP contribution in [0.4, 0.5) is 4.39 Å². The van der Waals surface area contributed by atoms with Gasteiger partial charge in [0.25, 0.3) is 0 Å². The molecule has 17 heavy (non-hydrogen) atoms. The fourth-order valence-corrected chi connectivity index (χ4v) is 2.17. The van der Waals surface area contributed by atoms with Crippen molar-refractivity contribution in [2.45, 2.75) is 0 Å². The molecule has 0 spiro atoms. The number of carbonyl (C=O) groups excluding carboxylic acids is 1. The lowest BCUT2D eigenvalue weighted by atomic mass is 10.1. The van der Waals surface area contributed by atoms with Crippen LogP contribution in [0, 0.1) is 5.82 Å². The minimum absolute atomic E-state index is 0.0678. The molecular formula is C11H7BrClFN2O. The largest absolute Gasteiger partial charge is 0.287 e. The number of nitrogens with zero attached hydrogens (tertiary/aromatic N) is 2. The normalized spacial score (nSPS) is 10.6. The molecule has 0 atom stereocenters. The number of benzene rings is 1. The average molecular weight is 318 g/mol. The average Bonchev–Trinajstić information content (AvgIpc) is 2.61. The molecule has 1 aromatic heterocycles. The Balaban J connectivity index is 2.55. The van der Waals surface area contributed by atoms with E-state index in [0.29, 0.717) is 9.50 Å². The highest BCUT2D eigenvalue weighted by atomic mass is 79.9. The van der Waals surface area contributed by atoms with Gasteiger partial charge in [0.05, 0.1) is 16.2 Å². The second kappa shape index (κ2) is 4.58. The molecule has 0 fully saturated rings. The molecule has 0 N–H and O–H groups in total. The second-order valence-corrected chi connectivity index (χ2v) is 4.71.